The Labute approximate surface area is 205 Å². The summed E-state index contributed by atoms with van der Waals surface area (Å²) in [5, 5.41) is 5.69. The maximum atomic E-state index is 13.5. The number of fused-ring (bicyclic) bond motifs is 1. The molecule has 6 nitrogen and oxygen atoms in total. The van der Waals surface area contributed by atoms with E-state index in [1.54, 1.807) is 16.2 Å². The summed E-state index contributed by atoms with van der Waals surface area (Å²) < 4.78 is 6.12. The molecule has 1 aliphatic rings. The van der Waals surface area contributed by atoms with Crippen molar-refractivity contribution in [1.82, 2.24) is 15.1 Å². The number of nitrogens with one attached hydrogen (secondary N) is 1. The number of ether oxygens (including phenoxy) is 1. The average Bonchev–Trinajstić information content (AvgIpc) is 3.26. The van der Waals surface area contributed by atoms with E-state index in [-0.39, 0.29) is 36.6 Å². The Kier molecular flexibility index (Phi) is 8.65. The van der Waals surface area contributed by atoms with Crippen molar-refractivity contribution in [2.24, 2.45) is 0 Å². The SMILES string of the molecule is CCC(C)N(CC(=O)N1CCc2sccc2C1COc1ccc(Cl)c(C)c1)C(=O)NC(C)C. The highest BCUT2D eigenvalue weighted by molar-refractivity contribution is 7.10. The van der Waals surface area contributed by atoms with E-state index in [1.165, 1.54) is 4.88 Å². The Morgan fingerprint density at radius 1 is 1.30 bits per heavy atom. The van der Waals surface area contributed by atoms with Crippen molar-refractivity contribution in [3.8, 4) is 5.75 Å². The van der Waals surface area contributed by atoms with Gasteiger partial charge in [0.2, 0.25) is 5.91 Å². The third-order valence-corrected chi connectivity index (χ3v) is 7.47. The predicted octanol–water partition coefficient (Wildman–Crippen LogP) is 5.43. The number of benzene rings is 1. The summed E-state index contributed by atoms with van der Waals surface area (Å²) in [4.78, 5) is 31.1. The van der Waals surface area contributed by atoms with Crippen LogP contribution in [0.25, 0.3) is 0 Å². The summed E-state index contributed by atoms with van der Waals surface area (Å²) >= 11 is 7.86. The molecule has 1 N–H and O–H groups in total. The van der Waals surface area contributed by atoms with Gasteiger partial charge in [-0.25, -0.2) is 4.79 Å². The first-order chi connectivity index (χ1) is 15.7. The van der Waals surface area contributed by atoms with Crippen LogP contribution in [0.2, 0.25) is 5.02 Å². The van der Waals surface area contributed by atoms with Gasteiger partial charge < -0.3 is 19.9 Å². The molecule has 0 spiro atoms. The Hall–Kier alpha value is -2.25. The molecule has 0 bridgehead atoms. The molecule has 0 saturated heterocycles. The van der Waals surface area contributed by atoms with Crippen LogP contribution in [0.3, 0.4) is 0 Å². The molecule has 0 saturated carbocycles. The molecule has 1 aliphatic heterocycles. The molecule has 1 aromatic heterocycles. The highest BCUT2D eigenvalue weighted by Crippen LogP contribution is 2.34. The molecular formula is C25H34ClN3O3S. The first-order valence-corrected chi connectivity index (χ1v) is 12.8. The van der Waals surface area contributed by atoms with Crippen molar-refractivity contribution in [1.29, 1.82) is 0 Å². The van der Waals surface area contributed by atoms with Gasteiger partial charge in [-0.1, -0.05) is 18.5 Å². The molecule has 8 heteroatoms. The Balaban J connectivity index is 1.79. The van der Waals surface area contributed by atoms with Gasteiger partial charge in [-0.2, -0.15) is 0 Å². The van der Waals surface area contributed by atoms with E-state index in [2.05, 4.69) is 16.8 Å². The van der Waals surface area contributed by atoms with Crippen molar-refractivity contribution in [2.45, 2.75) is 65.6 Å². The third-order valence-electron chi connectivity index (χ3n) is 6.05. The Morgan fingerprint density at radius 2 is 2.06 bits per heavy atom. The summed E-state index contributed by atoms with van der Waals surface area (Å²) in [7, 11) is 0. The quantitative estimate of drug-likeness (QED) is 0.535. The molecule has 3 amide bonds. The van der Waals surface area contributed by atoms with E-state index in [4.69, 9.17) is 16.3 Å². The second kappa shape index (κ2) is 11.3. The Morgan fingerprint density at radius 3 is 2.73 bits per heavy atom. The fourth-order valence-electron chi connectivity index (χ4n) is 3.97. The van der Waals surface area contributed by atoms with Crippen LogP contribution in [0.15, 0.2) is 29.6 Å². The number of halogens is 1. The minimum Gasteiger partial charge on any atom is -0.491 e. The van der Waals surface area contributed by atoms with E-state index < -0.39 is 0 Å². The maximum absolute atomic E-state index is 13.5. The lowest BCUT2D eigenvalue weighted by Gasteiger charge is -2.38. The van der Waals surface area contributed by atoms with Gasteiger partial charge in [0.25, 0.3) is 0 Å². The van der Waals surface area contributed by atoms with Crippen LogP contribution in [0.5, 0.6) is 5.75 Å². The van der Waals surface area contributed by atoms with E-state index in [0.717, 1.165) is 29.7 Å². The first kappa shape index (κ1) is 25.4. The summed E-state index contributed by atoms with van der Waals surface area (Å²) in [6, 6.07) is 7.22. The largest absolute Gasteiger partial charge is 0.491 e. The van der Waals surface area contributed by atoms with Gasteiger partial charge in [0.05, 0.1) is 6.04 Å². The van der Waals surface area contributed by atoms with Crippen LogP contribution in [0, 0.1) is 6.92 Å². The second-order valence-corrected chi connectivity index (χ2v) is 10.3. The number of thiophene rings is 1. The van der Waals surface area contributed by atoms with Gasteiger partial charge in [-0.3, -0.25) is 4.79 Å². The second-order valence-electron chi connectivity index (χ2n) is 8.86. The summed E-state index contributed by atoms with van der Waals surface area (Å²) in [6.07, 6.45) is 1.59. The van der Waals surface area contributed by atoms with Gasteiger partial charge in [0.15, 0.2) is 0 Å². The van der Waals surface area contributed by atoms with Crippen LogP contribution in [-0.4, -0.2) is 53.5 Å². The maximum Gasteiger partial charge on any atom is 0.318 e. The number of rotatable bonds is 8. The highest BCUT2D eigenvalue weighted by atomic mass is 35.5. The lowest BCUT2D eigenvalue weighted by atomic mass is 10.00. The number of nitrogens with zero attached hydrogens (tertiary/aromatic N) is 2. The Bertz CT molecular complexity index is 978. The minimum absolute atomic E-state index is 0.00601. The molecular weight excluding hydrogens is 458 g/mol. The van der Waals surface area contributed by atoms with Gasteiger partial charge >= 0.3 is 6.03 Å². The van der Waals surface area contributed by atoms with Crippen LogP contribution in [0.1, 0.15) is 56.2 Å². The van der Waals surface area contributed by atoms with Gasteiger partial charge in [0.1, 0.15) is 18.9 Å². The number of carbonyl (C=O) groups excluding carboxylic acids is 2. The first-order valence-electron chi connectivity index (χ1n) is 11.5. The third kappa shape index (κ3) is 6.21. The van der Waals surface area contributed by atoms with E-state index >= 15 is 0 Å². The van der Waals surface area contributed by atoms with Crippen molar-refractivity contribution in [3.05, 3.63) is 50.7 Å². The number of aryl methyl sites for hydroxylation is 1. The van der Waals surface area contributed by atoms with Gasteiger partial charge in [-0.05, 0) is 81.3 Å². The monoisotopic (exact) mass is 491 g/mol. The molecule has 0 fully saturated rings. The van der Waals surface area contributed by atoms with Gasteiger partial charge in [-0.15, -0.1) is 11.3 Å². The zero-order valence-corrected chi connectivity index (χ0v) is 21.6. The summed E-state index contributed by atoms with van der Waals surface area (Å²) in [6.45, 7) is 10.8. The summed E-state index contributed by atoms with van der Waals surface area (Å²) in [5.41, 5.74) is 2.08. The molecule has 2 heterocycles. The standard InChI is InChI=1S/C25H34ClN3O3S/c1-6-18(5)29(25(31)27-16(2)3)14-24(30)28-11-9-23-20(10-12-33-23)22(28)15-32-19-7-8-21(26)17(4)13-19/h7-8,10,12-13,16,18,22H,6,9,11,14-15H2,1-5H3,(H,27,31). The summed E-state index contributed by atoms with van der Waals surface area (Å²) in [5.74, 6) is 0.663. The number of carbonyl (C=O) groups is 2. The number of urea groups is 1. The predicted molar refractivity (Wildman–Crippen MR) is 134 cm³/mol. The zero-order chi connectivity index (χ0) is 24.1. The lowest BCUT2D eigenvalue weighted by molar-refractivity contribution is -0.136. The fourth-order valence-corrected chi connectivity index (χ4v) is 5.02. The van der Waals surface area contributed by atoms with Crippen LogP contribution in [0.4, 0.5) is 4.79 Å². The molecule has 1 aromatic carbocycles. The number of amides is 3. The fraction of sp³-hybridized carbons (Fsp3) is 0.520. The normalized spacial score (nSPS) is 16.3. The van der Waals surface area contributed by atoms with E-state index in [1.807, 2.05) is 57.7 Å². The minimum atomic E-state index is -0.203. The zero-order valence-electron chi connectivity index (χ0n) is 20.1. The van der Waals surface area contributed by atoms with Crippen LogP contribution >= 0.6 is 22.9 Å². The van der Waals surface area contributed by atoms with Crippen LogP contribution < -0.4 is 10.1 Å². The van der Waals surface area contributed by atoms with E-state index in [0.29, 0.717) is 18.2 Å². The molecule has 0 radical (unpaired) electrons. The average molecular weight is 492 g/mol. The van der Waals surface area contributed by atoms with Crippen molar-refractivity contribution in [3.63, 3.8) is 0 Å². The molecule has 2 unspecified atom stereocenters. The van der Waals surface area contributed by atoms with Crippen molar-refractivity contribution >= 4 is 34.9 Å². The smallest absolute Gasteiger partial charge is 0.318 e. The van der Waals surface area contributed by atoms with Crippen LogP contribution in [-0.2, 0) is 11.2 Å². The van der Waals surface area contributed by atoms with Crippen molar-refractivity contribution in [2.75, 3.05) is 19.7 Å². The highest BCUT2D eigenvalue weighted by Gasteiger charge is 2.34. The van der Waals surface area contributed by atoms with E-state index in [9.17, 15) is 9.59 Å². The molecule has 33 heavy (non-hydrogen) atoms. The topological polar surface area (TPSA) is 61.9 Å². The van der Waals surface area contributed by atoms with Gasteiger partial charge in [0, 0.05) is 28.5 Å². The van der Waals surface area contributed by atoms with Crippen molar-refractivity contribution < 1.29 is 14.3 Å². The lowest BCUT2D eigenvalue weighted by Crippen LogP contribution is -2.53. The number of hydrogen-bond acceptors (Lipinski definition) is 4. The number of hydrogen-bond donors (Lipinski definition) is 1. The molecule has 180 valence electrons. The molecule has 2 aromatic rings. The molecule has 3 rings (SSSR count). The molecule has 0 aliphatic carbocycles. The molecule has 2 atom stereocenters.